The topological polar surface area (TPSA) is 93.9 Å². The summed E-state index contributed by atoms with van der Waals surface area (Å²) in [6.07, 6.45) is -0.497. The zero-order chi connectivity index (χ0) is 20.6. The summed E-state index contributed by atoms with van der Waals surface area (Å²) in [5.41, 5.74) is 8.10. The molecule has 0 radical (unpaired) electrons. The van der Waals surface area contributed by atoms with Gasteiger partial charge >= 0.3 is 5.97 Å². The molecule has 7 heteroatoms. The van der Waals surface area contributed by atoms with Gasteiger partial charge in [0.15, 0.2) is 6.10 Å². The maximum atomic E-state index is 12.7. The third-order valence-electron chi connectivity index (χ3n) is 4.72. The van der Waals surface area contributed by atoms with Gasteiger partial charge in [-0.25, -0.2) is 4.79 Å². The van der Waals surface area contributed by atoms with Gasteiger partial charge in [-0.1, -0.05) is 60.7 Å². The van der Waals surface area contributed by atoms with E-state index in [1.165, 1.54) is 0 Å². The molecule has 1 aliphatic heterocycles. The van der Waals surface area contributed by atoms with Gasteiger partial charge in [0.1, 0.15) is 6.17 Å². The van der Waals surface area contributed by atoms with E-state index in [9.17, 15) is 9.59 Å². The van der Waals surface area contributed by atoms with Gasteiger partial charge in [0.2, 0.25) is 5.91 Å². The number of nitrogens with two attached hydrogens (primary N) is 1. The summed E-state index contributed by atoms with van der Waals surface area (Å²) in [6, 6.07) is 18.6. The van der Waals surface area contributed by atoms with E-state index in [-0.39, 0.29) is 12.5 Å². The van der Waals surface area contributed by atoms with Crippen LogP contribution in [0.2, 0.25) is 0 Å². The molecule has 0 aliphatic carbocycles. The molecule has 1 aliphatic rings. The van der Waals surface area contributed by atoms with Gasteiger partial charge in [0, 0.05) is 6.42 Å². The van der Waals surface area contributed by atoms with Gasteiger partial charge in [-0.05, 0) is 24.5 Å². The van der Waals surface area contributed by atoms with Crippen molar-refractivity contribution in [3.05, 3.63) is 71.8 Å². The van der Waals surface area contributed by atoms with Gasteiger partial charge in [0.25, 0.3) is 0 Å². The summed E-state index contributed by atoms with van der Waals surface area (Å²) in [4.78, 5) is 30.6. The Hall–Kier alpha value is -2.74. The number of hydrogen-bond donors (Lipinski definition) is 2. The van der Waals surface area contributed by atoms with E-state index in [4.69, 9.17) is 15.3 Å². The van der Waals surface area contributed by atoms with Crippen molar-refractivity contribution < 1.29 is 19.2 Å². The Kier molecular flexibility index (Phi) is 7.35. The van der Waals surface area contributed by atoms with Crippen molar-refractivity contribution in [2.45, 2.75) is 44.6 Å². The first-order chi connectivity index (χ1) is 14.1. The lowest BCUT2D eigenvalue weighted by Crippen LogP contribution is -2.50. The van der Waals surface area contributed by atoms with E-state index in [1.807, 2.05) is 60.7 Å². The quantitative estimate of drug-likeness (QED) is 0.660. The number of nitrogens with zero attached hydrogens (tertiary/aromatic N) is 1. The van der Waals surface area contributed by atoms with Crippen LogP contribution in [-0.2, 0) is 32.1 Å². The van der Waals surface area contributed by atoms with Gasteiger partial charge < -0.3 is 15.8 Å². The number of carbonyl (C=O) groups is 2. The fraction of sp³-hybridized carbons (Fsp3) is 0.364. The number of benzene rings is 2. The third-order valence-corrected chi connectivity index (χ3v) is 4.72. The minimum atomic E-state index is -0.755. The average molecular weight is 397 g/mol. The number of amides is 1. The van der Waals surface area contributed by atoms with Crippen LogP contribution in [0.4, 0.5) is 0 Å². The Labute approximate surface area is 170 Å². The van der Waals surface area contributed by atoms with Crippen LogP contribution in [0.1, 0.15) is 24.5 Å². The number of carbonyl (C=O) groups excluding carboxylic acids is 2. The highest BCUT2D eigenvalue weighted by molar-refractivity contribution is 5.82. The lowest BCUT2D eigenvalue weighted by molar-refractivity contribution is -0.195. The minimum absolute atomic E-state index is 0.274. The van der Waals surface area contributed by atoms with Crippen LogP contribution in [0.25, 0.3) is 0 Å². The van der Waals surface area contributed by atoms with Gasteiger partial charge in [-0.15, -0.1) is 0 Å². The lowest BCUT2D eigenvalue weighted by atomic mass is 10.1. The van der Waals surface area contributed by atoms with Crippen LogP contribution >= 0.6 is 0 Å². The first-order valence-electron chi connectivity index (χ1n) is 9.80. The monoisotopic (exact) mass is 397 g/mol. The molecule has 1 amide bonds. The van der Waals surface area contributed by atoms with Crippen molar-refractivity contribution in [1.82, 2.24) is 10.4 Å². The molecule has 0 spiro atoms. The third kappa shape index (κ3) is 5.87. The molecule has 0 unspecified atom stereocenters. The molecule has 0 bridgehead atoms. The minimum Gasteiger partial charge on any atom is -0.464 e. The zero-order valence-electron chi connectivity index (χ0n) is 16.5. The standard InChI is InChI=1S/C22H27N3O4/c1-2-28-22(27)19-14-20(25(29-19)15-17-11-7-4-8-12-17)24-21(26)18(23)13-16-9-5-3-6-10-16/h3-12,18-20H,2,13-15,23H2,1H3,(H,24,26)/t18-,19+,20-/m0/s1. The van der Waals surface area contributed by atoms with Crippen molar-refractivity contribution in [2.24, 2.45) is 5.73 Å². The molecular weight excluding hydrogens is 370 g/mol. The van der Waals surface area contributed by atoms with E-state index in [0.29, 0.717) is 19.4 Å². The number of ether oxygens (including phenoxy) is 1. The second kappa shape index (κ2) is 10.2. The van der Waals surface area contributed by atoms with Gasteiger partial charge in [-0.3, -0.25) is 9.63 Å². The molecule has 0 saturated carbocycles. The molecule has 154 valence electrons. The molecule has 7 nitrogen and oxygen atoms in total. The fourth-order valence-electron chi connectivity index (χ4n) is 3.25. The van der Waals surface area contributed by atoms with Crippen LogP contribution in [0.3, 0.4) is 0 Å². The summed E-state index contributed by atoms with van der Waals surface area (Å²) in [5, 5.41) is 4.54. The molecule has 1 saturated heterocycles. The van der Waals surface area contributed by atoms with Gasteiger partial charge in [-0.2, -0.15) is 5.06 Å². The molecule has 29 heavy (non-hydrogen) atoms. The number of esters is 1. The second-order valence-electron chi connectivity index (χ2n) is 6.96. The molecule has 3 N–H and O–H groups in total. The summed E-state index contributed by atoms with van der Waals surface area (Å²) in [5.74, 6) is -0.721. The molecule has 1 heterocycles. The molecule has 3 atom stereocenters. The van der Waals surface area contributed by atoms with E-state index in [1.54, 1.807) is 12.0 Å². The molecule has 2 aromatic carbocycles. The van der Waals surface area contributed by atoms with Crippen molar-refractivity contribution in [3.63, 3.8) is 0 Å². The first kappa shape index (κ1) is 21.0. The molecule has 2 aromatic rings. The SMILES string of the molecule is CCOC(=O)[C@H]1C[C@@H](NC(=O)[C@@H](N)Cc2ccccc2)N(Cc2ccccc2)O1. The normalized spacial score (nSPS) is 20.2. The van der Waals surface area contributed by atoms with Crippen LogP contribution in [0, 0.1) is 0 Å². The number of hydrogen-bond acceptors (Lipinski definition) is 6. The summed E-state index contributed by atoms with van der Waals surface area (Å²) in [6.45, 7) is 2.45. The van der Waals surface area contributed by atoms with Crippen molar-refractivity contribution in [3.8, 4) is 0 Å². The van der Waals surface area contributed by atoms with Crippen LogP contribution in [-0.4, -0.2) is 41.9 Å². The van der Waals surface area contributed by atoms with Crippen molar-refractivity contribution >= 4 is 11.9 Å². The first-order valence-corrected chi connectivity index (χ1v) is 9.80. The Morgan fingerprint density at radius 2 is 1.76 bits per heavy atom. The van der Waals surface area contributed by atoms with Crippen molar-refractivity contribution in [1.29, 1.82) is 0 Å². The van der Waals surface area contributed by atoms with Crippen LogP contribution in [0.5, 0.6) is 0 Å². The largest absolute Gasteiger partial charge is 0.464 e. The maximum Gasteiger partial charge on any atom is 0.337 e. The highest BCUT2D eigenvalue weighted by Gasteiger charge is 2.39. The highest BCUT2D eigenvalue weighted by Crippen LogP contribution is 2.23. The summed E-state index contributed by atoms with van der Waals surface area (Å²) in [7, 11) is 0. The van der Waals surface area contributed by atoms with E-state index in [2.05, 4.69) is 5.32 Å². The Balaban J connectivity index is 1.65. The molecule has 0 aromatic heterocycles. The van der Waals surface area contributed by atoms with Crippen LogP contribution < -0.4 is 11.1 Å². The van der Waals surface area contributed by atoms with E-state index in [0.717, 1.165) is 11.1 Å². The lowest BCUT2D eigenvalue weighted by Gasteiger charge is -2.24. The molecular formula is C22H27N3O4. The highest BCUT2D eigenvalue weighted by atomic mass is 16.7. The maximum absolute atomic E-state index is 12.7. The van der Waals surface area contributed by atoms with E-state index < -0.39 is 24.3 Å². The average Bonchev–Trinajstić information content (AvgIpc) is 3.12. The summed E-state index contributed by atoms with van der Waals surface area (Å²) < 4.78 is 5.08. The number of rotatable bonds is 8. The Morgan fingerprint density at radius 1 is 1.14 bits per heavy atom. The van der Waals surface area contributed by atoms with Gasteiger partial charge in [0.05, 0.1) is 19.2 Å². The zero-order valence-corrected chi connectivity index (χ0v) is 16.5. The number of nitrogens with one attached hydrogen (secondary N) is 1. The second-order valence-corrected chi connectivity index (χ2v) is 6.96. The predicted octanol–water partition coefficient (Wildman–Crippen LogP) is 1.77. The number of hydroxylamine groups is 2. The molecule has 3 rings (SSSR count). The van der Waals surface area contributed by atoms with Crippen molar-refractivity contribution in [2.75, 3.05) is 6.61 Å². The van der Waals surface area contributed by atoms with Crippen LogP contribution in [0.15, 0.2) is 60.7 Å². The summed E-state index contributed by atoms with van der Waals surface area (Å²) >= 11 is 0. The Morgan fingerprint density at radius 3 is 2.38 bits per heavy atom. The smallest absolute Gasteiger partial charge is 0.337 e. The van der Waals surface area contributed by atoms with E-state index >= 15 is 0 Å². The fourth-order valence-corrected chi connectivity index (χ4v) is 3.25. The Bertz CT molecular complexity index is 800. The molecule has 1 fully saturated rings. The predicted molar refractivity (Wildman–Crippen MR) is 108 cm³/mol.